The molecule has 1 fully saturated rings. The van der Waals surface area contributed by atoms with Gasteiger partial charge in [-0.15, -0.1) is 12.8 Å². The minimum atomic E-state index is -0.0361. The summed E-state index contributed by atoms with van der Waals surface area (Å²) < 4.78 is 0. The molecule has 1 heterocycles. The molecule has 1 aromatic carbocycles. The number of allylic oxidation sites excluding steroid dienone is 6. The molecule has 0 aliphatic carbocycles. The Balaban J connectivity index is 0. The maximum atomic E-state index is 12.5. The average molecular weight is 509 g/mol. The molecule has 2 amide bonds. The fourth-order valence-electron chi connectivity index (χ4n) is 3.21. The summed E-state index contributed by atoms with van der Waals surface area (Å²) in [5.74, 6) is 0.0279. The minimum absolute atomic E-state index is 0.0361. The number of nitrogens with zero attached hydrogens (tertiary/aromatic N) is 2. The maximum Gasteiger partial charge on any atom is 0.254 e. The van der Waals surface area contributed by atoms with Gasteiger partial charge in [-0.1, -0.05) is 49.3 Å². The van der Waals surface area contributed by atoms with Crippen LogP contribution in [0.2, 0.25) is 0 Å². The SMILES string of the molecule is C#C.C/C=C\C=N/CN/C(C)=C/C=C(C)C.CC.CC(=O)NC1CCN(C(=O)c2cc(C)ccc2C)C1. The zero-order chi connectivity index (χ0) is 28.8. The van der Waals surface area contributed by atoms with Gasteiger partial charge in [0.25, 0.3) is 5.91 Å². The highest BCUT2D eigenvalue weighted by Gasteiger charge is 2.27. The van der Waals surface area contributed by atoms with E-state index in [0.29, 0.717) is 19.8 Å². The van der Waals surface area contributed by atoms with E-state index in [4.69, 9.17) is 0 Å². The van der Waals surface area contributed by atoms with Crippen LogP contribution in [0.25, 0.3) is 0 Å². The third-order valence-electron chi connectivity index (χ3n) is 5.01. The lowest BCUT2D eigenvalue weighted by atomic mass is 10.0. The third kappa shape index (κ3) is 16.7. The van der Waals surface area contributed by atoms with Crippen molar-refractivity contribution in [2.75, 3.05) is 19.8 Å². The highest BCUT2D eigenvalue weighted by molar-refractivity contribution is 5.96. The number of benzene rings is 1. The van der Waals surface area contributed by atoms with Crippen LogP contribution in [0.1, 0.15) is 76.4 Å². The summed E-state index contributed by atoms with van der Waals surface area (Å²) in [5, 5.41) is 6.05. The number of hydrogen-bond acceptors (Lipinski definition) is 4. The lowest BCUT2D eigenvalue weighted by Gasteiger charge is -2.18. The fourth-order valence-corrected chi connectivity index (χ4v) is 3.21. The Morgan fingerprint density at radius 1 is 1.11 bits per heavy atom. The van der Waals surface area contributed by atoms with Crippen LogP contribution in [-0.4, -0.2) is 48.7 Å². The molecular formula is C31H48N4O2. The van der Waals surface area contributed by atoms with Gasteiger partial charge in [0, 0.05) is 43.5 Å². The fraction of sp³-hybridized carbons (Fsp3) is 0.452. The summed E-state index contributed by atoms with van der Waals surface area (Å²) >= 11 is 0. The second-order valence-electron chi connectivity index (χ2n) is 8.54. The summed E-state index contributed by atoms with van der Waals surface area (Å²) in [7, 11) is 0. The first-order chi connectivity index (χ1) is 17.6. The molecule has 0 spiro atoms. The molecule has 1 aromatic rings. The molecule has 0 bridgehead atoms. The Morgan fingerprint density at radius 2 is 1.76 bits per heavy atom. The van der Waals surface area contributed by atoms with Gasteiger partial charge in [0.15, 0.2) is 0 Å². The standard InChI is InChI=1S/C15H20N2O2.C12H20N2.C2H6.C2H2/c1-10-4-5-11(2)14(8-10)15(19)17-7-6-13(9-17)16-12(3)18;1-5-6-9-13-10-14-12(4)8-7-11(2)3;2*1-2/h4-5,8,13H,6-7,9H2,1-3H3,(H,16,18);5-9,14H,10H2,1-4H3;1-2H3;1-2H/b;6-5-,12-8+,13-9-;;. The molecule has 1 saturated heterocycles. The summed E-state index contributed by atoms with van der Waals surface area (Å²) in [6, 6.07) is 6.01. The number of aryl methyl sites for hydroxylation is 2. The van der Waals surface area contributed by atoms with Crippen LogP contribution < -0.4 is 10.6 Å². The van der Waals surface area contributed by atoms with Crippen molar-refractivity contribution in [3.05, 3.63) is 70.5 Å². The predicted molar refractivity (Wildman–Crippen MR) is 160 cm³/mol. The van der Waals surface area contributed by atoms with Crippen LogP contribution in [-0.2, 0) is 4.79 Å². The van der Waals surface area contributed by atoms with Crippen molar-refractivity contribution in [3.8, 4) is 12.8 Å². The summed E-state index contributed by atoms with van der Waals surface area (Å²) in [4.78, 5) is 29.5. The van der Waals surface area contributed by atoms with Gasteiger partial charge in [-0.2, -0.15) is 0 Å². The highest BCUT2D eigenvalue weighted by atomic mass is 16.2. The normalized spacial score (nSPS) is 14.4. The zero-order valence-electron chi connectivity index (χ0n) is 24.4. The molecular weight excluding hydrogens is 460 g/mol. The molecule has 204 valence electrons. The van der Waals surface area contributed by atoms with E-state index in [1.165, 1.54) is 12.5 Å². The monoisotopic (exact) mass is 508 g/mol. The van der Waals surface area contributed by atoms with E-state index in [9.17, 15) is 9.59 Å². The Hall–Kier alpha value is -3.59. The Labute approximate surface area is 226 Å². The van der Waals surface area contributed by atoms with Crippen LogP contribution in [0.4, 0.5) is 0 Å². The van der Waals surface area contributed by atoms with Gasteiger partial charge >= 0.3 is 0 Å². The second-order valence-corrected chi connectivity index (χ2v) is 8.54. The van der Waals surface area contributed by atoms with Gasteiger partial charge in [0.05, 0.1) is 0 Å². The molecule has 0 saturated carbocycles. The average Bonchev–Trinajstić information content (AvgIpc) is 3.34. The van der Waals surface area contributed by atoms with Gasteiger partial charge in [0.2, 0.25) is 5.91 Å². The van der Waals surface area contributed by atoms with Crippen LogP contribution in [0.15, 0.2) is 58.8 Å². The van der Waals surface area contributed by atoms with Gasteiger partial charge in [-0.3, -0.25) is 14.6 Å². The third-order valence-corrected chi connectivity index (χ3v) is 5.01. The maximum absolute atomic E-state index is 12.5. The largest absolute Gasteiger partial charge is 0.370 e. The van der Waals surface area contributed by atoms with Crippen LogP contribution >= 0.6 is 0 Å². The van der Waals surface area contributed by atoms with Crippen molar-refractivity contribution < 1.29 is 9.59 Å². The highest BCUT2D eigenvalue weighted by Crippen LogP contribution is 2.17. The number of hydrogen-bond donors (Lipinski definition) is 2. The second kappa shape index (κ2) is 21.7. The quantitative estimate of drug-likeness (QED) is 0.270. The van der Waals surface area contributed by atoms with Crippen molar-refractivity contribution in [1.29, 1.82) is 0 Å². The van der Waals surface area contributed by atoms with Gasteiger partial charge in [-0.05, 0) is 71.7 Å². The molecule has 2 rings (SSSR count). The van der Waals surface area contributed by atoms with E-state index in [0.717, 1.165) is 28.8 Å². The first-order valence-corrected chi connectivity index (χ1v) is 12.8. The molecule has 2 N–H and O–H groups in total. The van der Waals surface area contributed by atoms with Gasteiger partial charge in [0.1, 0.15) is 6.67 Å². The smallest absolute Gasteiger partial charge is 0.254 e. The number of terminal acetylenes is 1. The molecule has 6 nitrogen and oxygen atoms in total. The molecule has 1 atom stereocenters. The van der Waals surface area contributed by atoms with Crippen molar-refractivity contribution in [1.82, 2.24) is 15.5 Å². The van der Waals surface area contributed by atoms with Crippen molar-refractivity contribution in [3.63, 3.8) is 0 Å². The number of aliphatic imine (C=N–C) groups is 1. The Kier molecular flexibility index (Phi) is 20.8. The summed E-state index contributed by atoms with van der Waals surface area (Å²) in [5.41, 5.74) is 5.28. The van der Waals surface area contributed by atoms with Crippen molar-refractivity contribution >= 4 is 18.0 Å². The number of amides is 2. The van der Waals surface area contributed by atoms with Gasteiger partial charge in [-0.25, -0.2) is 0 Å². The predicted octanol–water partition coefficient (Wildman–Crippen LogP) is 5.98. The minimum Gasteiger partial charge on any atom is -0.370 e. The van der Waals surface area contributed by atoms with Crippen molar-refractivity contribution in [2.24, 2.45) is 4.99 Å². The zero-order valence-corrected chi connectivity index (χ0v) is 24.4. The van der Waals surface area contributed by atoms with Crippen LogP contribution in [0.3, 0.4) is 0 Å². The number of likely N-dealkylation sites (tertiary alicyclic amines) is 1. The van der Waals surface area contributed by atoms with E-state index < -0.39 is 0 Å². The van der Waals surface area contributed by atoms with E-state index in [-0.39, 0.29) is 17.9 Å². The molecule has 6 heteroatoms. The summed E-state index contributed by atoms with van der Waals surface area (Å²) in [6.07, 6.45) is 18.6. The topological polar surface area (TPSA) is 73.8 Å². The van der Waals surface area contributed by atoms with E-state index in [2.05, 4.69) is 54.5 Å². The van der Waals surface area contributed by atoms with Gasteiger partial charge < -0.3 is 15.5 Å². The lowest BCUT2D eigenvalue weighted by Crippen LogP contribution is -2.37. The first-order valence-electron chi connectivity index (χ1n) is 12.8. The molecule has 1 unspecified atom stereocenters. The molecule has 0 radical (unpaired) electrons. The Bertz CT molecular complexity index is 951. The lowest BCUT2D eigenvalue weighted by molar-refractivity contribution is -0.119. The van der Waals surface area contributed by atoms with E-state index >= 15 is 0 Å². The number of carbonyl (C=O) groups is 2. The van der Waals surface area contributed by atoms with Crippen LogP contribution in [0.5, 0.6) is 0 Å². The number of nitrogens with one attached hydrogen (secondary N) is 2. The molecule has 1 aliphatic heterocycles. The Morgan fingerprint density at radius 3 is 2.32 bits per heavy atom. The first kappa shape index (κ1) is 35.6. The van der Waals surface area contributed by atoms with E-state index in [1.807, 2.05) is 76.8 Å². The molecule has 1 aliphatic rings. The summed E-state index contributed by atoms with van der Waals surface area (Å²) in [6.45, 7) is 19.5. The molecule has 37 heavy (non-hydrogen) atoms. The van der Waals surface area contributed by atoms with E-state index in [1.54, 1.807) is 6.21 Å². The van der Waals surface area contributed by atoms with Crippen molar-refractivity contribution in [2.45, 2.75) is 74.8 Å². The van der Waals surface area contributed by atoms with Crippen LogP contribution in [0, 0.1) is 26.7 Å². The molecule has 0 aromatic heterocycles. The number of rotatable bonds is 7. The number of carbonyl (C=O) groups excluding carboxylic acids is 2.